The fraction of sp³-hybridized carbons (Fsp3) is 0.364. The molecule has 0 saturated carbocycles. The first kappa shape index (κ1) is 23.6. The number of hydrogen-bond acceptors (Lipinski definition) is 4. The maximum absolute atomic E-state index is 12.5. The molecule has 7 nitrogen and oxygen atoms in total. The van der Waals surface area contributed by atoms with E-state index in [4.69, 9.17) is 0 Å². The van der Waals surface area contributed by atoms with Crippen LogP contribution in [0, 0.1) is 5.41 Å². The van der Waals surface area contributed by atoms with E-state index in [0.29, 0.717) is 0 Å². The quantitative estimate of drug-likeness (QED) is 0.485. The van der Waals surface area contributed by atoms with Crippen LogP contribution in [0.3, 0.4) is 0 Å². The van der Waals surface area contributed by atoms with Gasteiger partial charge in [0.25, 0.3) is 10.1 Å². The van der Waals surface area contributed by atoms with Gasteiger partial charge in [-0.15, -0.1) is 0 Å². The first-order valence-corrected chi connectivity index (χ1v) is 11.0. The molecule has 0 aliphatic rings. The van der Waals surface area contributed by atoms with Crippen LogP contribution in [0.15, 0.2) is 60.7 Å². The van der Waals surface area contributed by atoms with Crippen molar-refractivity contribution in [2.75, 3.05) is 0 Å². The molecule has 0 spiro atoms. The summed E-state index contributed by atoms with van der Waals surface area (Å²) in [6.45, 7) is 3.42. The summed E-state index contributed by atoms with van der Waals surface area (Å²) in [4.78, 5) is 24.4. The third kappa shape index (κ3) is 5.25. The smallest absolute Gasteiger partial charge is 0.325 e. The van der Waals surface area contributed by atoms with Crippen molar-refractivity contribution in [2.45, 2.75) is 43.8 Å². The fourth-order valence-corrected chi connectivity index (χ4v) is 5.24. The van der Waals surface area contributed by atoms with Crippen LogP contribution in [0.5, 0.6) is 0 Å². The van der Waals surface area contributed by atoms with Gasteiger partial charge in [-0.25, -0.2) is 0 Å². The largest absolute Gasteiger partial charge is 0.481 e. The van der Waals surface area contributed by atoms with E-state index >= 15 is 0 Å². The predicted octanol–water partition coefficient (Wildman–Crippen LogP) is 3.79. The zero-order chi connectivity index (χ0) is 22.5. The maximum Gasteiger partial charge on any atom is 0.325 e. The first-order valence-electron chi connectivity index (χ1n) is 9.51. The summed E-state index contributed by atoms with van der Waals surface area (Å²) in [7, 11) is -5.20. The van der Waals surface area contributed by atoms with Crippen molar-refractivity contribution in [1.82, 2.24) is 0 Å². The van der Waals surface area contributed by atoms with Gasteiger partial charge >= 0.3 is 11.9 Å². The second-order valence-electron chi connectivity index (χ2n) is 7.73. The molecule has 0 heterocycles. The number of rotatable bonds is 10. The second kappa shape index (κ2) is 9.40. The predicted molar refractivity (Wildman–Crippen MR) is 112 cm³/mol. The van der Waals surface area contributed by atoms with Gasteiger partial charge < -0.3 is 10.2 Å². The van der Waals surface area contributed by atoms with E-state index in [-0.39, 0.29) is 12.8 Å². The highest BCUT2D eigenvalue weighted by atomic mass is 32.2. The molecule has 3 N–H and O–H groups in total. The Morgan fingerprint density at radius 3 is 1.47 bits per heavy atom. The van der Waals surface area contributed by atoms with E-state index in [1.807, 2.05) is 0 Å². The summed E-state index contributed by atoms with van der Waals surface area (Å²) in [5, 5.41) is 17.3. The van der Waals surface area contributed by atoms with Gasteiger partial charge in [0.1, 0.15) is 0 Å². The standard InChI is InChI=1S/C22H26O7S/c1-15(17-9-5-3-6-10-17)13-22(21(25)26,19(20(23)24)30(27,28)29)14-16(2)18-11-7-4-8-12-18/h3-12,15-16,19H,13-14H2,1-2H3,(H,23,24)(H,25,26)(H,27,28,29). The average molecular weight is 435 g/mol. The zero-order valence-corrected chi connectivity index (χ0v) is 17.6. The van der Waals surface area contributed by atoms with Crippen molar-refractivity contribution in [3.05, 3.63) is 71.8 Å². The maximum atomic E-state index is 12.5. The van der Waals surface area contributed by atoms with E-state index in [2.05, 4.69) is 0 Å². The van der Waals surface area contributed by atoms with Gasteiger partial charge in [-0.05, 0) is 35.8 Å². The SMILES string of the molecule is CC(CC(CC(C)c1ccccc1)(C(=O)O)C(C(=O)O)S(=O)(=O)O)c1ccccc1. The molecule has 0 bridgehead atoms. The average Bonchev–Trinajstić information content (AvgIpc) is 2.67. The Morgan fingerprint density at radius 1 is 0.833 bits per heavy atom. The molecule has 0 aliphatic heterocycles. The van der Waals surface area contributed by atoms with Crippen molar-refractivity contribution in [1.29, 1.82) is 0 Å². The third-order valence-corrected chi connectivity index (χ3v) is 6.78. The van der Waals surface area contributed by atoms with E-state index in [9.17, 15) is 32.8 Å². The summed E-state index contributed by atoms with van der Waals surface area (Å²) in [6, 6.07) is 17.7. The Hall–Kier alpha value is -2.71. The third-order valence-electron chi connectivity index (χ3n) is 5.53. The molecule has 2 aromatic carbocycles. The van der Waals surface area contributed by atoms with E-state index in [0.717, 1.165) is 11.1 Å². The number of benzene rings is 2. The molecule has 0 radical (unpaired) electrons. The Kier molecular flexibility index (Phi) is 7.39. The summed E-state index contributed by atoms with van der Waals surface area (Å²) >= 11 is 0. The molecular formula is C22H26O7S. The highest BCUT2D eigenvalue weighted by Gasteiger charge is 2.57. The van der Waals surface area contributed by atoms with Gasteiger partial charge in [-0.3, -0.25) is 14.1 Å². The Morgan fingerprint density at radius 2 is 1.20 bits per heavy atom. The molecule has 0 saturated heterocycles. The minimum atomic E-state index is -5.20. The van der Waals surface area contributed by atoms with Crippen LogP contribution in [0.1, 0.15) is 49.7 Å². The summed E-state index contributed by atoms with van der Waals surface area (Å²) < 4.78 is 33.9. The minimum absolute atomic E-state index is 0.278. The highest BCUT2D eigenvalue weighted by Crippen LogP contribution is 2.45. The van der Waals surface area contributed by atoms with E-state index in [1.165, 1.54) is 0 Å². The number of hydrogen-bond donors (Lipinski definition) is 3. The second-order valence-corrected chi connectivity index (χ2v) is 9.23. The Bertz CT molecular complexity index is 924. The molecule has 3 unspecified atom stereocenters. The van der Waals surface area contributed by atoms with Crippen molar-refractivity contribution in [2.24, 2.45) is 5.41 Å². The molecule has 2 aromatic rings. The highest BCUT2D eigenvalue weighted by molar-refractivity contribution is 7.87. The van der Waals surface area contributed by atoms with Gasteiger partial charge in [0.05, 0.1) is 5.41 Å². The van der Waals surface area contributed by atoms with Crippen molar-refractivity contribution >= 4 is 22.1 Å². The van der Waals surface area contributed by atoms with Gasteiger partial charge in [0.15, 0.2) is 5.25 Å². The van der Waals surface area contributed by atoms with Crippen molar-refractivity contribution in [3.8, 4) is 0 Å². The van der Waals surface area contributed by atoms with Crippen LogP contribution in [0.4, 0.5) is 0 Å². The lowest BCUT2D eigenvalue weighted by Crippen LogP contribution is -2.52. The normalized spacial score (nSPS) is 16.8. The lowest BCUT2D eigenvalue weighted by Gasteiger charge is -2.37. The van der Waals surface area contributed by atoms with Crippen molar-refractivity contribution in [3.63, 3.8) is 0 Å². The van der Waals surface area contributed by atoms with E-state index < -0.39 is 44.6 Å². The van der Waals surface area contributed by atoms with Gasteiger partial charge in [-0.1, -0.05) is 74.5 Å². The molecule has 8 heteroatoms. The molecule has 30 heavy (non-hydrogen) atoms. The van der Waals surface area contributed by atoms with Crippen molar-refractivity contribution < 1.29 is 32.8 Å². The van der Waals surface area contributed by atoms with Gasteiger partial charge in [0.2, 0.25) is 0 Å². The molecular weight excluding hydrogens is 408 g/mol. The van der Waals surface area contributed by atoms with Gasteiger partial charge in [0, 0.05) is 0 Å². The molecule has 0 amide bonds. The number of carboxylic acid groups (broad SMARTS) is 2. The molecule has 2 rings (SSSR count). The zero-order valence-electron chi connectivity index (χ0n) is 16.8. The fourth-order valence-electron chi connectivity index (χ4n) is 4.12. The summed E-state index contributed by atoms with van der Waals surface area (Å²) in [5.41, 5.74) is -0.755. The topological polar surface area (TPSA) is 129 Å². The minimum Gasteiger partial charge on any atom is -0.481 e. The monoisotopic (exact) mass is 434 g/mol. The first-order chi connectivity index (χ1) is 14.0. The molecule has 0 aromatic heterocycles. The lowest BCUT2D eigenvalue weighted by atomic mass is 9.69. The molecule has 0 aliphatic carbocycles. The van der Waals surface area contributed by atoms with Crippen LogP contribution < -0.4 is 0 Å². The molecule has 162 valence electrons. The van der Waals surface area contributed by atoms with Crippen LogP contribution in [0.25, 0.3) is 0 Å². The lowest BCUT2D eigenvalue weighted by molar-refractivity contribution is -0.157. The van der Waals surface area contributed by atoms with Crippen LogP contribution in [-0.4, -0.2) is 40.4 Å². The van der Waals surface area contributed by atoms with Crippen LogP contribution in [-0.2, 0) is 19.7 Å². The van der Waals surface area contributed by atoms with Gasteiger partial charge in [-0.2, -0.15) is 8.42 Å². The number of aliphatic carboxylic acids is 2. The molecule has 0 fully saturated rings. The summed E-state index contributed by atoms with van der Waals surface area (Å²) in [6.07, 6.45) is -0.555. The van der Waals surface area contributed by atoms with Crippen LogP contribution >= 0.6 is 0 Å². The summed E-state index contributed by atoms with van der Waals surface area (Å²) in [5.74, 6) is -4.39. The number of carbonyl (C=O) groups is 2. The van der Waals surface area contributed by atoms with E-state index in [1.54, 1.807) is 74.5 Å². The number of carboxylic acids is 2. The Labute approximate surface area is 176 Å². The van der Waals surface area contributed by atoms with Crippen LogP contribution in [0.2, 0.25) is 0 Å². The molecule has 3 atom stereocenters. The Balaban J connectivity index is 2.60.